The summed E-state index contributed by atoms with van der Waals surface area (Å²) in [5, 5.41) is 2.74. The van der Waals surface area contributed by atoms with E-state index in [1.807, 2.05) is 18.2 Å². The van der Waals surface area contributed by atoms with E-state index >= 15 is 0 Å². The zero-order chi connectivity index (χ0) is 16.5. The Labute approximate surface area is 140 Å². The van der Waals surface area contributed by atoms with Gasteiger partial charge in [0, 0.05) is 31.3 Å². The number of aryl methyl sites for hydroxylation is 1. The lowest BCUT2D eigenvalue weighted by Crippen LogP contribution is -2.30. The third kappa shape index (κ3) is 5.83. The Bertz CT molecular complexity index is 640. The molecule has 0 fully saturated rings. The number of nitrogens with zero attached hydrogens (tertiary/aromatic N) is 1. The molecule has 1 amide bonds. The molecule has 0 unspecified atom stereocenters. The molecule has 1 N–H and O–H groups in total. The largest absolute Gasteiger partial charge is 0.451 e. The smallest absolute Gasteiger partial charge is 0.355 e. The summed E-state index contributed by atoms with van der Waals surface area (Å²) in [5.74, 6) is 0.949. The molecule has 23 heavy (non-hydrogen) atoms. The van der Waals surface area contributed by atoms with Crippen LogP contribution in [0, 0.1) is 0 Å². The van der Waals surface area contributed by atoms with E-state index in [9.17, 15) is 9.59 Å². The highest BCUT2D eigenvalue weighted by atomic mass is 32.2. The number of esters is 1. The SMILES string of the molecule is Cn1cccc1C(=O)OCC(=O)NCCSCc1ccccc1. The van der Waals surface area contributed by atoms with Crippen molar-refractivity contribution in [1.29, 1.82) is 0 Å². The third-order valence-corrected chi connectivity index (χ3v) is 4.20. The number of benzene rings is 1. The number of carbonyl (C=O) groups excluding carboxylic acids is 2. The maximum absolute atomic E-state index is 11.7. The van der Waals surface area contributed by atoms with E-state index in [4.69, 9.17) is 4.74 Å². The Morgan fingerprint density at radius 3 is 2.65 bits per heavy atom. The molecule has 0 atom stereocenters. The molecule has 0 spiro atoms. The van der Waals surface area contributed by atoms with Crippen molar-refractivity contribution in [2.24, 2.45) is 7.05 Å². The van der Waals surface area contributed by atoms with Crippen LogP contribution in [-0.4, -0.2) is 35.3 Å². The second kappa shape index (κ2) is 9.05. The predicted molar refractivity (Wildman–Crippen MR) is 91.3 cm³/mol. The number of carbonyl (C=O) groups is 2. The zero-order valence-corrected chi connectivity index (χ0v) is 13.8. The van der Waals surface area contributed by atoms with Gasteiger partial charge in [-0.3, -0.25) is 4.79 Å². The van der Waals surface area contributed by atoms with Gasteiger partial charge in [0.25, 0.3) is 5.91 Å². The van der Waals surface area contributed by atoms with E-state index in [1.165, 1.54) is 5.56 Å². The average molecular weight is 332 g/mol. The van der Waals surface area contributed by atoms with Crippen LogP contribution in [0.3, 0.4) is 0 Å². The fraction of sp³-hybridized carbons (Fsp3) is 0.294. The van der Waals surface area contributed by atoms with E-state index in [2.05, 4.69) is 17.4 Å². The minimum Gasteiger partial charge on any atom is -0.451 e. The molecule has 0 aliphatic carbocycles. The number of thioether (sulfide) groups is 1. The second-order valence-electron chi connectivity index (χ2n) is 4.97. The Kier molecular flexibility index (Phi) is 6.75. The first-order valence-electron chi connectivity index (χ1n) is 7.33. The Hall–Kier alpha value is -2.21. The molecule has 0 aliphatic heterocycles. The van der Waals surface area contributed by atoms with Crippen molar-refractivity contribution in [2.75, 3.05) is 18.9 Å². The van der Waals surface area contributed by atoms with Crippen molar-refractivity contribution < 1.29 is 14.3 Å². The first-order valence-corrected chi connectivity index (χ1v) is 8.49. The standard InChI is InChI=1S/C17H20N2O3S/c1-19-10-5-8-15(19)17(21)22-12-16(20)18-9-11-23-13-14-6-3-2-4-7-14/h2-8,10H,9,11-13H2,1H3,(H,18,20). The molecule has 6 heteroatoms. The van der Waals surface area contributed by atoms with Crippen molar-refractivity contribution in [2.45, 2.75) is 5.75 Å². The van der Waals surface area contributed by atoms with Crippen LogP contribution < -0.4 is 5.32 Å². The van der Waals surface area contributed by atoms with E-state index in [-0.39, 0.29) is 12.5 Å². The quantitative estimate of drug-likeness (QED) is 0.595. The van der Waals surface area contributed by atoms with Crippen molar-refractivity contribution in [3.63, 3.8) is 0 Å². The molecule has 0 saturated carbocycles. The first-order chi connectivity index (χ1) is 11.2. The highest BCUT2D eigenvalue weighted by molar-refractivity contribution is 7.98. The van der Waals surface area contributed by atoms with Crippen LogP contribution in [0.2, 0.25) is 0 Å². The van der Waals surface area contributed by atoms with Gasteiger partial charge in [-0.15, -0.1) is 0 Å². The summed E-state index contributed by atoms with van der Waals surface area (Å²) < 4.78 is 6.63. The fourth-order valence-corrected chi connectivity index (χ4v) is 2.78. The summed E-state index contributed by atoms with van der Waals surface area (Å²) in [6.45, 7) is 0.297. The maximum Gasteiger partial charge on any atom is 0.355 e. The molecule has 2 aromatic rings. The second-order valence-corrected chi connectivity index (χ2v) is 6.07. The predicted octanol–water partition coefficient (Wildman–Crippen LogP) is 2.23. The summed E-state index contributed by atoms with van der Waals surface area (Å²) in [5.41, 5.74) is 1.69. The van der Waals surface area contributed by atoms with E-state index < -0.39 is 5.97 Å². The number of nitrogens with one attached hydrogen (secondary N) is 1. The lowest BCUT2D eigenvalue weighted by molar-refractivity contribution is -0.124. The summed E-state index contributed by atoms with van der Waals surface area (Å²) in [6, 6.07) is 13.6. The highest BCUT2D eigenvalue weighted by Gasteiger charge is 2.12. The van der Waals surface area contributed by atoms with E-state index in [0.717, 1.165) is 11.5 Å². The summed E-state index contributed by atoms with van der Waals surface area (Å²) in [7, 11) is 1.75. The van der Waals surface area contributed by atoms with Gasteiger partial charge >= 0.3 is 5.97 Å². The molecule has 0 saturated heterocycles. The van der Waals surface area contributed by atoms with Crippen LogP contribution in [0.5, 0.6) is 0 Å². The summed E-state index contributed by atoms with van der Waals surface area (Å²) >= 11 is 1.75. The molecule has 0 aliphatic rings. The number of hydrogen-bond donors (Lipinski definition) is 1. The number of ether oxygens (including phenoxy) is 1. The Balaban J connectivity index is 1.57. The molecular weight excluding hydrogens is 312 g/mol. The Morgan fingerprint density at radius 2 is 1.96 bits per heavy atom. The average Bonchev–Trinajstić information content (AvgIpc) is 2.99. The van der Waals surface area contributed by atoms with Crippen LogP contribution in [0.4, 0.5) is 0 Å². The van der Waals surface area contributed by atoms with Gasteiger partial charge in [-0.25, -0.2) is 4.79 Å². The molecule has 1 heterocycles. The molecule has 0 radical (unpaired) electrons. The van der Waals surface area contributed by atoms with Crippen LogP contribution in [0.15, 0.2) is 48.7 Å². The highest BCUT2D eigenvalue weighted by Crippen LogP contribution is 2.10. The number of hydrogen-bond acceptors (Lipinski definition) is 4. The van der Waals surface area contributed by atoms with Gasteiger partial charge in [0.05, 0.1) is 0 Å². The van der Waals surface area contributed by atoms with E-state index in [0.29, 0.717) is 12.2 Å². The zero-order valence-electron chi connectivity index (χ0n) is 13.0. The van der Waals surface area contributed by atoms with Gasteiger partial charge in [-0.1, -0.05) is 30.3 Å². The number of amides is 1. The van der Waals surface area contributed by atoms with E-state index in [1.54, 1.807) is 41.7 Å². The third-order valence-electron chi connectivity index (χ3n) is 3.17. The van der Waals surface area contributed by atoms with Crippen molar-refractivity contribution in [3.8, 4) is 0 Å². The van der Waals surface area contributed by atoms with Gasteiger partial charge in [0.2, 0.25) is 0 Å². The Morgan fingerprint density at radius 1 is 1.17 bits per heavy atom. The molecule has 122 valence electrons. The van der Waals surface area contributed by atoms with Crippen LogP contribution in [-0.2, 0) is 22.3 Å². The van der Waals surface area contributed by atoms with Crippen LogP contribution in [0.25, 0.3) is 0 Å². The lowest BCUT2D eigenvalue weighted by Gasteiger charge is -2.07. The maximum atomic E-state index is 11.7. The molecule has 1 aromatic carbocycles. The molecule has 1 aromatic heterocycles. The van der Waals surface area contributed by atoms with Crippen molar-refractivity contribution in [3.05, 3.63) is 59.9 Å². The molecule has 5 nitrogen and oxygen atoms in total. The lowest BCUT2D eigenvalue weighted by atomic mass is 10.2. The molecular formula is C17H20N2O3S. The van der Waals surface area contributed by atoms with Crippen LogP contribution in [0.1, 0.15) is 16.1 Å². The van der Waals surface area contributed by atoms with Crippen molar-refractivity contribution in [1.82, 2.24) is 9.88 Å². The van der Waals surface area contributed by atoms with Gasteiger partial charge in [-0.2, -0.15) is 11.8 Å². The van der Waals surface area contributed by atoms with Crippen LogP contribution >= 0.6 is 11.8 Å². The monoisotopic (exact) mass is 332 g/mol. The number of rotatable bonds is 8. The topological polar surface area (TPSA) is 60.3 Å². The fourth-order valence-electron chi connectivity index (χ4n) is 1.96. The minimum atomic E-state index is -0.494. The van der Waals surface area contributed by atoms with Gasteiger partial charge in [-0.05, 0) is 17.7 Å². The van der Waals surface area contributed by atoms with Crippen molar-refractivity contribution >= 4 is 23.6 Å². The van der Waals surface area contributed by atoms with Gasteiger partial charge in [0.1, 0.15) is 5.69 Å². The van der Waals surface area contributed by atoms with Gasteiger partial charge in [0.15, 0.2) is 6.61 Å². The minimum absolute atomic E-state index is 0.257. The molecule has 2 rings (SSSR count). The molecule has 0 bridgehead atoms. The van der Waals surface area contributed by atoms with Gasteiger partial charge < -0.3 is 14.6 Å². The first kappa shape index (κ1) is 17.1. The summed E-state index contributed by atoms with van der Waals surface area (Å²) in [4.78, 5) is 23.4. The normalized spacial score (nSPS) is 10.3. The number of aromatic nitrogens is 1. The summed E-state index contributed by atoms with van der Waals surface area (Å²) in [6.07, 6.45) is 1.75.